The molecule has 2 unspecified atom stereocenters. The van der Waals surface area contributed by atoms with Crippen molar-refractivity contribution in [1.29, 1.82) is 0 Å². The molecule has 1 radical (unpaired) electrons. The van der Waals surface area contributed by atoms with Gasteiger partial charge in [0.1, 0.15) is 11.0 Å². The summed E-state index contributed by atoms with van der Waals surface area (Å²) in [6.45, 7) is 2.03. The average molecular weight is 135 g/mol. The molecule has 1 rings (SSSR count). The Morgan fingerprint density at radius 2 is 2.57 bits per heavy atom. The Hall–Kier alpha value is 0.310. The van der Waals surface area contributed by atoms with Crippen molar-refractivity contribution in [3.63, 3.8) is 0 Å². The molecule has 0 spiro atoms. The van der Waals surface area contributed by atoms with Crippen LogP contribution in [-0.4, -0.2) is 16.3 Å². The smallest absolute Gasteiger partial charge is 0.137 e. The van der Waals surface area contributed by atoms with Crippen LogP contribution in [0.3, 0.4) is 0 Å². The molecule has 0 N–H and O–H groups in total. The topological polar surface area (TPSA) is 12.4 Å². The van der Waals surface area contributed by atoms with Crippen LogP contribution in [0, 0.1) is 0 Å². The lowest BCUT2D eigenvalue weighted by atomic mass is 10.5. The minimum atomic E-state index is -0.0370. The summed E-state index contributed by atoms with van der Waals surface area (Å²) in [6, 6.07) is 0. The molecule has 1 aliphatic heterocycles. The van der Waals surface area contributed by atoms with Gasteiger partial charge in [-0.1, -0.05) is 23.4 Å². The molecule has 0 saturated carbocycles. The third-order valence-electron chi connectivity index (χ3n) is 0.802. The number of thioether (sulfide) groups is 1. The highest BCUT2D eigenvalue weighted by Crippen LogP contribution is 2.23. The summed E-state index contributed by atoms with van der Waals surface area (Å²) < 4.78 is 0. The van der Waals surface area contributed by atoms with Crippen LogP contribution >= 0.6 is 23.4 Å². The summed E-state index contributed by atoms with van der Waals surface area (Å²) in [6.07, 6.45) is 0. The van der Waals surface area contributed by atoms with Crippen LogP contribution < -0.4 is 0 Å². The molecule has 7 heavy (non-hydrogen) atoms. The molecular formula is C4H5ClNS. The van der Waals surface area contributed by atoms with E-state index in [0.29, 0.717) is 5.25 Å². The predicted octanol–water partition coefficient (Wildman–Crippen LogP) is 1.59. The SMILES string of the molecule is CC1S[C]=NC1Cl. The Morgan fingerprint density at radius 1 is 1.86 bits per heavy atom. The first kappa shape index (κ1) is 5.45. The highest BCUT2D eigenvalue weighted by atomic mass is 35.5. The van der Waals surface area contributed by atoms with Gasteiger partial charge in [0.25, 0.3) is 0 Å². The zero-order valence-corrected chi connectivity index (χ0v) is 5.46. The van der Waals surface area contributed by atoms with Gasteiger partial charge in [0.15, 0.2) is 0 Å². The molecule has 3 heteroatoms. The number of alkyl halides is 1. The van der Waals surface area contributed by atoms with Crippen molar-refractivity contribution in [3.8, 4) is 0 Å². The van der Waals surface area contributed by atoms with Gasteiger partial charge in [0.05, 0.1) is 0 Å². The van der Waals surface area contributed by atoms with E-state index < -0.39 is 0 Å². The maximum absolute atomic E-state index is 5.61. The van der Waals surface area contributed by atoms with E-state index in [1.165, 1.54) is 0 Å². The van der Waals surface area contributed by atoms with E-state index in [2.05, 4.69) is 10.5 Å². The van der Waals surface area contributed by atoms with Gasteiger partial charge in [-0.15, -0.1) is 0 Å². The Labute approximate surface area is 52.1 Å². The second kappa shape index (κ2) is 2.05. The summed E-state index contributed by atoms with van der Waals surface area (Å²) in [5.74, 6) is 0. The molecular weight excluding hydrogens is 130 g/mol. The van der Waals surface area contributed by atoms with Crippen LogP contribution in [0.1, 0.15) is 6.92 Å². The van der Waals surface area contributed by atoms with Gasteiger partial charge >= 0.3 is 0 Å². The highest BCUT2D eigenvalue weighted by Gasteiger charge is 2.16. The molecule has 2 atom stereocenters. The lowest BCUT2D eigenvalue weighted by Gasteiger charge is -1.99. The minimum absolute atomic E-state index is 0.0370. The Morgan fingerprint density at radius 3 is 2.71 bits per heavy atom. The Kier molecular flexibility index (Phi) is 1.60. The molecule has 1 nitrogen and oxygen atoms in total. The molecule has 1 heterocycles. The predicted molar refractivity (Wildman–Crippen MR) is 34.1 cm³/mol. The zero-order chi connectivity index (χ0) is 5.28. The van der Waals surface area contributed by atoms with Crippen LogP contribution in [0.15, 0.2) is 4.99 Å². The molecule has 0 aromatic carbocycles. The van der Waals surface area contributed by atoms with Gasteiger partial charge in [-0.2, -0.15) is 0 Å². The fourth-order valence-electron chi connectivity index (χ4n) is 0.325. The molecule has 0 saturated heterocycles. The largest absolute Gasteiger partial charge is 0.255 e. The van der Waals surface area contributed by atoms with Crippen LogP contribution in [0.25, 0.3) is 0 Å². The first-order chi connectivity index (χ1) is 3.30. The highest BCUT2D eigenvalue weighted by molar-refractivity contribution is 8.13. The number of halogens is 1. The third kappa shape index (κ3) is 1.10. The maximum Gasteiger partial charge on any atom is 0.137 e. The van der Waals surface area contributed by atoms with Crippen LogP contribution in [-0.2, 0) is 0 Å². The fourth-order valence-corrected chi connectivity index (χ4v) is 1.10. The lowest BCUT2D eigenvalue weighted by molar-refractivity contribution is 0.901. The van der Waals surface area contributed by atoms with E-state index >= 15 is 0 Å². The van der Waals surface area contributed by atoms with Crippen LogP contribution in [0.4, 0.5) is 0 Å². The monoisotopic (exact) mass is 134 g/mol. The molecule has 0 fully saturated rings. The zero-order valence-electron chi connectivity index (χ0n) is 3.89. The van der Waals surface area contributed by atoms with Crippen molar-refractivity contribution in [2.75, 3.05) is 0 Å². The quantitative estimate of drug-likeness (QED) is 0.362. The number of hydrogen-bond acceptors (Lipinski definition) is 2. The molecule has 0 amide bonds. The fraction of sp³-hybridized carbons (Fsp3) is 0.750. The van der Waals surface area contributed by atoms with E-state index in [-0.39, 0.29) is 5.50 Å². The van der Waals surface area contributed by atoms with Crippen molar-refractivity contribution in [2.45, 2.75) is 17.7 Å². The number of nitrogens with zero attached hydrogens (tertiary/aromatic N) is 1. The minimum Gasteiger partial charge on any atom is -0.255 e. The van der Waals surface area contributed by atoms with Crippen molar-refractivity contribution in [2.24, 2.45) is 4.99 Å². The van der Waals surface area contributed by atoms with E-state index in [9.17, 15) is 0 Å². The number of hydrogen-bond donors (Lipinski definition) is 0. The summed E-state index contributed by atoms with van der Waals surface area (Å²) in [5.41, 5.74) is 2.69. The molecule has 0 aromatic rings. The molecule has 0 aromatic heterocycles. The van der Waals surface area contributed by atoms with E-state index in [0.717, 1.165) is 0 Å². The maximum atomic E-state index is 5.61. The van der Waals surface area contributed by atoms with Crippen molar-refractivity contribution in [1.82, 2.24) is 0 Å². The van der Waals surface area contributed by atoms with Gasteiger partial charge in [-0.25, -0.2) is 0 Å². The van der Waals surface area contributed by atoms with Crippen molar-refractivity contribution in [3.05, 3.63) is 0 Å². The first-order valence-electron chi connectivity index (χ1n) is 2.05. The summed E-state index contributed by atoms with van der Waals surface area (Å²) in [5, 5.41) is 0.418. The third-order valence-corrected chi connectivity index (χ3v) is 2.27. The van der Waals surface area contributed by atoms with Gasteiger partial charge < -0.3 is 0 Å². The van der Waals surface area contributed by atoms with Gasteiger partial charge in [0.2, 0.25) is 0 Å². The van der Waals surface area contributed by atoms with E-state index in [1.807, 2.05) is 6.92 Å². The lowest BCUT2D eigenvalue weighted by Crippen LogP contribution is -2.03. The van der Waals surface area contributed by atoms with Crippen molar-refractivity contribution >= 4 is 28.9 Å². The average Bonchev–Trinajstić information content (AvgIpc) is 1.91. The molecule has 0 aliphatic carbocycles. The van der Waals surface area contributed by atoms with Crippen LogP contribution in [0.5, 0.6) is 0 Å². The summed E-state index contributed by atoms with van der Waals surface area (Å²) in [4.78, 5) is 3.80. The van der Waals surface area contributed by atoms with Crippen molar-refractivity contribution < 1.29 is 0 Å². The molecule has 39 valence electrons. The second-order valence-corrected chi connectivity index (χ2v) is 3.03. The number of rotatable bonds is 0. The second-order valence-electron chi connectivity index (χ2n) is 1.42. The van der Waals surface area contributed by atoms with E-state index in [1.54, 1.807) is 11.8 Å². The summed E-state index contributed by atoms with van der Waals surface area (Å²) in [7, 11) is 0. The normalized spacial score (nSPS) is 39.7. The van der Waals surface area contributed by atoms with Gasteiger partial charge in [-0.3, -0.25) is 4.99 Å². The number of aliphatic imine (C=N–C) groups is 1. The molecule has 0 bridgehead atoms. The standard InChI is InChI=1S/C4H5ClNS/c1-3-4(5)6-2-7-3/h3-4H,1H3. The molecule has 1 aliphatic rings. The van der Waals surface area contributed by atoms with Gasteiger partial charge in [0, 0.05) is 5.25 Å². The first-order valence-corrected chi connectivity index (χ1v) is 3.37. The Balaban J connectivity index is 2.45. The Bertz CT molecular complexity index is 93.7. The summed E-state index contributed by atoms with van der Waals surface area (Å²) >= 11 is 7.17. The van der Waals surface area contributed by atoms with Gasteiger partial charge in [-0.05, 0) is 6.92 Å². The van der Waals surface area contributed by atoms with E-state index in [4.69, 9.17) is 11.6 Å². The van der Waals surface area contributed by atoms with Crippen LogP contribution in [0.2, 0.25) is 0 Å².